The Balaban J connectivity index is 1.30. The number of rotatable bonds is 11. The summed E-state index contributed by atoms with van der Waals surface area (Å²) in [5, 5.41) is 7.00. The van der Waals surface area contributed by atoms with Gasteiger partial charge in [0, 0.05) is 18.4 Å². The molecule has 4 rings (SSSR count). The zero-order valence-corrected chi connectivity index (χ0v) is 19.3. The number of benzene rings is 3. The third-order valence-electron chi connectivity index (χ3n) is 5.39. The van der Waals surface area contributed by atoms with Gasteiger partial charge >= 0.3 is 0 Å². The zero-order valence-electron chi connectivity index (χ0n) is 19.3. The second kappa shape index (κ2) is 11.8. The van der Waals surface area contributed by atoms with Crippen LogP contribution in [0.1, 0.15) is 30.3 Å². The van der Waals surface area contributed by atoms with Crippen LogP contribution >= 0.6 is 0 Å². The number of nitrogens with one attached hydrogen (secondary N) is 1. The van der Waals surface area contributed by atoms with Gasteiger partial charge < -0.3 is 19.3 Å². The molecule has 1 aromatic heterocycles. The fourth-order valence-corrected chi connectivity index (χ4v) is 3.52. The Morgan fingerprint density at radius 2 is 1.77 bits per heavy atom. The van der Waals surface area contributed by atoms with E-state index < -0.39 is 11.9 Å². The molecule has 0 spiro atoms. The van der Waals surface area contributed by atoms with Crippen LogP contribution in [0.2, 0.25) is 0 Å². The van der Waals surface area contributed by atoms with Crippen LogP contribution in [0.15, 0.2) is 83.4 Å². The number of aryl methyl sites for hydroxylation is 1. The van der Waals surface area contributed by atoms with Gasteiger partial charge in [0.1, 0.15) is 12.4 Å². The molecule has 0 saturated heterocycles. The van der Waals surface area contributed by atoms with Gasteiger partial charge in [-0.1, -0.05) is 47.6 Å². The lowest BCUT2D eigenvalue weighted by Crippen LogP contribution is -2.32. The molecule has 1 atom stereocenters. The number of ether oxygens (including phenoxy) is 2. The zero-order chi connectivity index (χ0) is 24.5. The molecule has 0 aliphatic rings. The molecule has 35 heavy (non-hydrogen) atoms. The van der Waals surface area contributed by atoms with E-state index in [0.29, 0.717) is 24.6 Å². The van der Waals surface area contributed by atoms with Crippen LogP contribution in [-0.2, 0) is 11.2 Å². The Morgan fingerprint density at radius 3 is 2.51 bits per heavy atom. The molecule has 1 amide bonds. The van der Waals surface area contributed by atoms with E-state index in [0.717, 1.165) is 16.9 Å². The van der Waals surface area contributed by atoms with Gasteiger partial charge in [0.25, 0.3) is 0 Å². The van der Waals surface area contributed by atoms with Crippen LogP contribution in [0.25, 0.3) is 11.4 Å². The molecule has 1 unspecified atom stereocenters. The molecular formula is C27H26FN3O4. The Kier molecular flexibility index (Phi) is 8.06. The average molecular weight is 476 g/mol. The highest BCUT2D eigenvalue weighted by Crippen LogP contribution is 2.21. The van der Waals surface area contributed by atoms with Crippen molar-refractivity contribution in [1.82, 2.24) is 15.5 Å². The third-order valence-corrected chi connectivity index (χ3v) is 5.39. The first kappa shape index (κ1) is 23.9. The number of aromatic nitrogens is 2. The van der Waals surface area contributed by atoms with Gasteiger partial charge in [-0.25, -0.2) is 4.39 Å². The van der Waals surface area contributed by atoms with E-state index in [4.69, 9.17) is 14.0 Å². The summed E-state index contributed by atoms with van der Waals surface area (Å²) in [5.74, 6) is 1.25. The van der Waals surface area contributed by atoms with Crippen LogP contribution in [0.4, 0.5) is 4.39 Å². The highest BCUT2D eigenvalue weighted by Gasteiger charge is 2.17. The van der Waals surface area contributed by atoms with Crippen LogP contribution in [0.3, 0.4) is 0 Å². The standard InChI is InChI=1S/C27H26FN3O4/c1-33-21-16-14-20(15-17-21)27-30-26(35-31-27)13-7-12-25(32)29-23(19-8-3-2-4-9-19)18-34-24-11-6-5-10-22(24)28/h2-6,8-11,14-17,23H,7,12-13,18H2,1H3,(H,29,32). The Bertz CT molecular complexity index is 1230. The predicted molar refractivity (Wildman–Crippen MR) is 128 cm³/mol. The first-order valence-electron chi connectivity index (χ1n) is 11.3. The molecule has 0 aliphatic carbocycles. The Labute approximate surface area is 202 Å². The maximum Gasteiger partial charge on any atom is 0.226 e. The van der Waals surface area contributed by atoms with E-state index in [9.17, 15) is 9.18 Å². The largest absolute Gasteiger partial charge is 0.497 e. The summed E-state index contributed by atoms with van der Waals surface area (Å²) < 4.78 is 30.1. The molecule has 4 aromatic rings. The van der Waals surface area contributed by atoms with E-state index in [1.165, 1.54) is 6.07 Å². The summed E-state index contributed by atoms with van der Waals surface area (Å²) in [5.41, 5.74) is 1.69. The van der Waals surface area contributed by atoms with Crippen LogP contribution in [-0.4, -0.2) is 29.8 Å². The lowest BCUT2D eigenvalue weighted by molar-refractivity contribution is -0.122. The summed E-state index contributed by atoms with van der Waals surface area (Å²) in [6.07, 6.45) is 1.27. The lowest BCUT2D eigenvalue weighted by atomic mass is 10.1. The number of amides is 1. The molecule has 180 valence electrons. The van der Waals surface area contributed by atoms with Gasteiger partial charge in [-0.3, -0.25) is 4.79 Å². The second-order valence-electron chi connectivity index (χ2n) is 7.87. The monoisotopic (exact) mass is 475 g/mol. The van der Waals surface area contributed by atoms with Crippen LogP contribution in [0.5, 0.6) is 11.5 Å². The lowest BCUT2D eigenvalue weighted by Gasteiger charge is -2.20. The smallest absolute Gasteiger partial charge is 0.226 e. The minimum absolute atomic E-state index is 0.103. The molecule has 0 fully saturated rings. The van der Waals surface area contributed by atoms with Gasteiger partial charge in [-0.05, 0) is 48.4 Å². The average Bonchev–Trinajstić information content (AvgIpc) is 3.37. The van der Waals surface area contributed by atoms with E-state index >= 15 is 0 Å². The Morgan fingerprint density at radius 1 is 1.03 bits per heavy atom. The number of methoxy groups -OCH3 is 1. The summed E-state index contributed by atoms with van der Waals surface area (Å²) in [6, 6.07) is 22.6. The molecule has 1 N–H and O–H groups in total. The summed E-state index contributed by atoms with van der Waals surface area (Å²) in [4.78, 5) is 17.1. The summed E-state index contributed by atoms with van der Waals surface area (Å²) >= 11 is 0. The molecule has 0 aliphatic heterocycles. The van der Waals surface area contributed by atoms with Gasteiger partial charge in [0.15, 0.2) is 11.6 Å². The van der Waals surface area contributed by atoms with Crippen molar-refractivity contribution in [3.63, 3.8) is 0 Å². The number of para-hydroxylation sites is 1. The number of carbonyl (C=O) groups excluding carboxylic acids is 1. The van der Waals surface area contributed by atoms with E-state index in [1.54, 1.807) is 25.3 Å². The van der Waals surface area contributed by atoms with Crippen molar-refractivity contribution in [2.45, 2.75) is 25.3 Å². The Hall–Kier alpha value is -4.20. The minimum atomic E-state index is -0.445. The van der Waals surface area contributed by atoms with Gasteiger partial charge in [-0.2, -0.15) is 4.98 Å². The molecular weight excluding hydrogens is 449 g/mol. The molecule has 7 nitrogen and oxygen atoms in total. The van der Waals surface area contributed by atoms with Crippen molar-refractivity contribution in [2.75, 3.05) is 13.7 Å². The normalized spacial score (nSPS) is 11.6. The van der Waals surface area contributed by atoms with Crippen molar-refractivity contribution in [3.05, 3.63) is 96.1 Å². The fraction of sp³-hybridized carbons (Fsp3) is 0.222. The van der Waals surface area contributed by atoms with E-state index in [-0.39, 0.29) is 24.7 Å². The van der Waals surface area contributed by atoms with E-state index in [2.05, 4.69) is 15.5 Å². The first-order chi connectivity index (χ1) is 17.1. The molecule has 0 bridgehead atoms. The molecule has 1 heterocycles. The van der Waals surface area contributed by atoms with Gasteiger partial charge in [-0.15, -0.1) is 0 Å². The number of halogens is 1. The van der Waals surface area contributed by atoms with Crippen molar-refractivity contribution >= 4 is 5.91 Å². The number of hydrogen-bond acceptors (Lipinski definition) is 6. The first-order valence-corrected chi connectivity index (χ1v) is 11.3. The summed E-state index contributed by atoms with van der Waals surface area (Å²) in [7, 11) is 1.61. The van der Waals surface area contributed by atoms with Crippen molar-refractivity contribution in [2.24, 2.45) is 0 Å². The minimum Gasteiger partial charge on any atom is -0.497 e. The van der Waals surface area contributed by atoms with Crippen LogP contribution < -0.4 is 14.8 Å². The quantitative estimate of drug-likeness (QED) is 0.323. The molecule has 3 aromatic carbocycles. The third kappa shape index (κ3) is 6.66. The van der Waals surface area contributed by atoms with Crippen LogP contribution in [0, 0.1) is 5.82 Å². The molecule has 8 heteroatoms. The predicted octanol–water partition coefficient (Wildman–Crippen LogP) is 5.14. The maximum absolute atomic E-state index is 13.9. The maximum atomic E-state index is 13.9. The van der Waals surface area contributed by atoms with Crippen molar-refractivity contribution < 1.29 is 23.2 Å². The highest BCUT2D eigenvalue weighted by atomic mass is 19.1. The second-order valence-corrected chi connectivity index (χ2v) is 7.87. The molecule has 0 radical (unpaired) electrons. The van der Waals surface area contributed by atoms with Crippen molar-refractivity contribution in [3.8, 4) is 22.9 Å². The number of nitrogens with zero attached hydrogens (tertiary/aromatic N) is 2. The fourth-order valence-electron chi connectivity index (χ4n) is 3.52. The van der Waals surface area contributed by atoms with Gasteiger partial charge in [0.2, 0.25) is 17.6 Å². The van der Waals surface area contributed by atoms with E-state index in [1.807, 2.05) is 54.6 Å². The topological polar surface area (TPSA) is 86.5 Å². The summed E-state index contributed by atoms with van der Waals surface area (Å²) in [6.45, 7) is 0.103. The number of carbonyl (C=O) groups is 1. The number of hydrogen-bond donors (Lipinski definition) is 1. The molecule has 0 saturated carbocycles. The highest BCUT2D eigenvalue weighted by molar-refractivity contribution is 5.76. The van der Waals surface area contributed by atoms with Crippen molar-refractivity contribution in [1.29, 1.82) is 0 Å². The van der Waals surface area contributed by atoms with Gasteiger partial charge in [0.05, 0.1) is 13.2 Å². The SMILES string of the molecule is COc1ccc(-c2noc(CCCC(=O)NC(COc3ccccc3F)c3ccccc3)n2)cc1.